The number of ether oxygens (including phenoxy) is 1. The number of benzene rings is 2. The number of esters is 1. The highest BCUT2D eigenvalue weighted by Crippen LogP contribution is 2.31. The molecule has 0 spiro atoms. The zero-order chi connectivity index (χ0) is 22.1. The van der Waals surface area contributed by atoms with Gasteiger partial charge in [0.1, 0.15) is 5.75 Å². The van der Waals surface area contributed by atoms with E-state index in [1.165, 1.54) is 4.90 Å². The van der Waals surface area contributed by atoms with Crippen molar-refractivity contribution in [3.63, 3.8) is 0 Å². The molecular weight excluding hydrogens is 420 g/mol. The molecule has 7 nitrogen and oxygen atoms in total. The standard InChI is InChI=1S/C23H21ClN2O5/c1-14-11-18(9-10-19(14)26-20(27)3-2-4-21(26)28)31-23(30)15-12-22(29)25(13-15)17-7-5-16(24)6-8-17/h5-11,15H,2-4,12-13H2,1H3/t15-/m0/s1. The van der Waals surface area contributed by atoms with Gasteiger partial charge in [-0.2, -0.15) is 0 Å². The lowest BCUT2D eigenvalue weighted by Crippen LogP contribution is -2.40. The molecule has 2 aromatic rings. The van der Waals surface area contributed by atoms with Gasteiger partial charge in [-0.25, -0.2) is 0 Å². The Balaban J connectivity index is 1.45. The Morgan fingerprint density at radius 1 is 1.00 bits per heavy atom. The fourth-order valence-corrected chi connectivity index (χ4v) is 4.03. The SMILES string of the molecule is Cc1cc(OC(=O)[C@H]2CC(=O)N(c3ccc(Cl)cc3)C2)ccc1N1C(=O)CCCC1=O. The van der Waals surface area contributed by atoms with E-state index < -0.39 is 11.9 Å². The van der Waals surface area contributed by atoms with Crippen molar-refractivity contribution in [1.82, 2.24) is 0 Å². The van der Waals surface area contributed by atoms with E-state index in [0.29, 0.717) is 47.0 Å². The number of halogens is 1. The van der Waals surface area contributed by atoms with E-state index in [1.54, 1.807) is 54.3 Å². The van der Waals surface area contributed by atoms with Gasteiger partial charge in [0.2, 0.25) is 17.7 Å². The normalized spacial score (nSPS) is 19.2. The Bertz CT molecular complexity index is 1050. The first kappa shape index (κ1) is 21.1. The number of carbonyl (C=O) groups excluding carboxylic acids is 4. The summed E-state index contributed by atoms with van der Waals surface area (Å²) in [4.78, 5) is 52.1. The molecule has 2 aliphatic heterocycles. The van der Waals surface area contributed by atoms with E-state index in [1.807, 2.05) is 0 Å². The zero-order valence-corrected chi connectivity index (χ0v) is 17.7. The van der Waals surface area contributed by atoms with Gasteiger partial charge in [-0.15, -0.1) is 0 Å². The van der Waals surface area contributed by atoms with E-state index in [9.17, 15) is 19.2 Å². The quantitative estimate of drug-likeness (QED) is 0.411. The second-order valence-corrected chi connectivity index (χ2v) is 8.16. The van der Waals surface area contributed by atoms with Crippen LogP contribution in [-0.2, 0) is 19.2 Å². The van der Waals surface area contributed by atoms with Crippen molar-refractivity contribution >= 4 is 46.7 Å². The molecule has 8 heteroatoms. The summed E-state index contributed by atoms with van der Waals surface area (Å²) in [5, 5.41) is 0.568. The number of carbonyl (C=O) groups is 4. The smallest absolute Gasteiger partial charge is 0.316 e. The van der Waals surface area contributed by atoms with Crippen molar-refractivity contribution in [2.75, 3.05) is 16.3 Å². The van der Waals surface area contributed by atoms with Gasteiger partial charge < -0.3 is 9.64 Å². The van der Waals surface area contributed by atoms with Gasteiger partial charge in [0.25, 0.3) is 0 Å². The lowest BCUT2D eigenvalue weighted by Gasteiger charge is -2.26. The Kier molecular flexibility index (Phi) is 5.78. The van der Waals surface area contributed by atoms with Crippen molar-refractivity contribution < 1.29 is 23.9 Å². The van der Waals surface area contributed by atoms with Crippen molar-refractivity contribution in [3.8, 4) is 5.75 Å². The second-order valence-electron chi connectivity index (χ2n) is 7.73. The third-order valence-electron chi connectivity index (χ3n) is 5.50. The molecule has 160 valence electrons. The van der Waals surface area contributed by atoms with E-state index in [4.69, 9.17) is 16.3 Å². The number of hydrogen-bond acceptors (Lipinski definition) is 5. The Hall–Kier alpha value is -3.19. The van der Waals surface area contributed by atoms with Crippen LogP contribution in [0, 0.1) is 12.8 Å². The minimum absolute atomic E-state index is 0.0648. The molecule has 0 aliphatic carbocycles. The molecule has 1 atom stereocenters. The van der Waals surface area contributed by atoms with Crippen LogP contribution in [0.25, 0.3) is 0 Å². The average Bonchev–Trinajstić information content (AvgIpc) is 3.12. The number of hydrogen-bond donors (Lipinski definition) is 0. The predicted molar refractivity (Wildman–Crippen MR) is 115 cm³/mol. The highest BCUT2D eigenvalue weighted by Gasteiger charge is 2.36. The van der Waals surface area contributed by atoms with E-state index in [2.05, 4.69) is 0 Å². The molecule has 0 aromatic heterocycles. The number of aryl methyl sites for hydroxylation is 1. The number of amides is 3. The third-order valence-corrected chi connectivity index (χ3v) is 5.76. The molecule has 31 heavy (non-hydrogen) atoms. The maximum Gasteiger partial charge on any atom is 0.316 e. The molecule has 4 rings (SSSR count). The van der Waals surface area contributed by atoms with Crippen LogP contribution >= 0.6 is 11.6 Å². The van der Waals surface area contributed by atoms with Crippen LogP contribution in [-0.4, -0.2) is 30.2 Å². The minimum Gasteiger partial charge on any atom is -0.426 e. The van der Waals surface area contributed by atoms with Crippen LogP contribution in [0.15, 0.2) is 42.5 Å². The van der Waals surface area contributed by atoms with E-state index in [-0.39, 0.29) is 30.7 Å². The van der Waals surface area contributed by atoms with Gasteiger partial charge in [0, 0.05) is 36.5 Å². The van der Waals surface area contributed by atoms with Crippen LogP contribution in [0.2, 0.25) is 5.02 Å². The Morgan fingerprint density at radius 2 is 1.68 bits per heavy atom. The summed E-state index contributed by atoms with van der Waals surface area (Å²) in [7, 11) is 0. The third kappa shape index (κ3) is 4.32. The molecule has 0 saturated carbocycles. The first-order valence-corrected chi connectivity index (χ1v) is 10.5. The van der Waals surface area contributed by atoms with Gasteiger partial charge in [-0.05, 0) is 61.4 Å². The first-order valence-electron chi connectivity index (χ1n) is 10.1. The average molecular weight is 441 g/mol. The zero-order valence-electron chi connectivity index (χ0n) is 17.0. The summed E-state index contributed by atoms with van der Waals surface area (Å²) in [6, 6.07) is 11.6. The number of rotatable bonds is 4. The van der Waals surface area contributed by atoms with Gasteiger partial charge in [-0.3, -0.25) is 24.1 Å². The summed E-state index contributed by atoms with van der Waals surface area (Å²) in [6.45, 7) is 1.98. The molecule has 2 aromatic carbocycles. The summed E-state index contributed by atoms with van der Waals surface area (Å²) < 4.78 is 5.50. The van der Waals surface area contributed by atoms with Crippen LogP contribution < -0.4 is 14.5 Å². The van der Waals surface area contributed by atoms with Gasteiger partial charge in [0.05, 0.1) is 11.6 Å². The second kappa shape index (κ2) is 8.51. The van der Waals surface area contributed by atoms with Gasteiger partial charge >= 0.3 is 5.97 Å². The highest BCUT2D eigenvalue weighted by atomic mass is 35.5. The van der Waals surface area contributed by atoms with Gasteiger partial charge in [0.15, 0.2) is 0 Å². The molecule has 0 N–H and O–H groups in total. The summed E-state index contributed by atoms with van der Waals surface area (Å²) in [5.74, 6) is -1.39. The molecule has 0 unspecified atom stereocenters. The predicted octanol–water partition coefficient (Wildman–Crippen LogP) is 3.65. The number of anilines is 2. The summed E-state index contributed by atoms with van der Waals surface area (Å²) in [5.41, 5.74) is 1.83. The highest BCUT2D eigenvalue weighted by molar-refractivity contribution is 6.30. The van der Waals surface area contributed by atoms with Crippen LogP contribution in [0.3, 0.4) is 0 Å². The number of nitrogens with zero attached hydrogens (tertiary/aromatic N) is 2. The first-order chi connectivity index (χ1) is 14.8. The van der Waals surface area contributed by atoms with Crippen molar-refractivity contribution in [2.24, 2.45) is 5.92 Å². The Morgan fingerprint density at radius 3 is 2.32 bits per heavy atom. The molecule has 0 radical (unpaired) electrons. The molecular formula is C23H21ClN2O5. The maximum atomic E-state index is 12.7. The Labute approximate surface area is 184 Å². The molecule has 3 amide bonds. The van der Waals surface area contributed by atoms with Crippen LogP contribution in [0.1, 0.15) is 31.2 Å². The molecule has 2 saturated heterocycles. The van der Waals surface area contributed by atoms with E-state index in [0.717, 1.165) is 0 Å². The van der Waals surface area contributed by atoms with Crippen molar-refractivity contribution in [3.05, 3.63) is 53.1 Å². The lowest BCUT2D eigenvalue weighted by molar-refractivity contribution is -0.139. The van der Waals surface area contributed by atoms with Crippen molar-refractivity contribution in [1.29, 1.82) is 0 Å². The topological polar surface area (TPSA) is 84.0 Å². The maximum absolute atomic E-state index is 12.7. The molecule has 2 aliphatic rings. The minimum atomic E-state index is -0.589. The number of imide groups is 1. The fourth-order valence-electron chi connectivity index (χ4n) is 3.90. The number of piperidine rings is 1. The largest absolute Gasteiger partial charge is 0.426 e. The van der Waals surface area contributed by atoms with Gasteiger partial charge in [-0.1, -0.05) is 11.6 Å². The molecule has 0 bridgehead atoms. The fraction of sp³-hybridized carbons (Fsp3) is 0.304. The summed E-state index contributed by atoms with van der Waals surface area (Å²) >= 11 is 5.90. The van der Waals surface area contributed by atoms with Crippen molar-refractivity contribution in [2.45, 2.75) is 32.6 Å². The van der Waals surface area contributed by atoms with Crippen LogP contribution in [0.5, 0.6) is 5.75 Å². The lowest BCUT2D eigenvalue weighted by atomic mass is 10.1. The monoisotopic (exact) mass is 440 g/mol. The van der Waals surface area contributed by atoms with E-state index >= 15 is 0 Å². The van der Waals surface area contributed by atoms with Crippen LogP contribution in [0.4, 0.5) is 11.4 Å². The molecule has 2 heterocycles. The molecule has 2 fully saturated rings. The summed E-state index contributed by atoms with van der Waals surface area (Å²) in [6.07, 6.45) is 1.30.